The fraction of sp³-hybridized carbons (Fsp3) is 0.538. The standard InChI is InChI=1S/C13H19NO4/c1-3-12(15)14(8-7-13(16)17-4-2)10-11-6-5-9-18-11/h5-6,9H,3-4,7-8,10H2,1-2H3. The number of carbonyl (C=O) groups is 2. The van der Waals surface area contributed by atoms with Gasteiger partial charge in [0.15, 0.2) is 0 Å². The fourth-order valence-corrected chi connectivity index (χ4v) is 1.57. The van der Waals surface area contributed by atoms with E-state index < -0.39 is 0 Å². The number of hydrogen-bond donors (Lipinski definition) is 0. The zero-order valence-electron chi connectivity index (χ0n) is 10.8. The number of amides is 1. The van der Waals surface area contributed by atoms with Crippen LogP contribution < -0.4 is 0 Å². The molecule has 0 N–H and O–H groups in total. The van der Waals surface area contributed by atoms with Gasteiger partial charge in [0.1, 0.15) is 5.76 Å². The summed E-state index contributed by atoms with van der Waals surface area (Å²) in [6.07, 6.45) is 2.18. The molecule has 0 spiro atoms. The summed E-state index contributed by atoms with van der Waals surface area (Å²) in [5, 5.41) is 0. The minimum atomic E-state index is -0.286. The van der Waals surface area contributed by atoms with E-state index in [4.69, 9.17) is 9.15 Å². The van der Waals surface area contributed by atoms with E-state index in [0.29, 0.717) is 31.9 Å². The summed E-state index contributed by atoms with van der Waals surface area (Å²) < 4.78 is 10.0. The van der Waals surface area contributed by atoms with Crippen molar-refractivity contribution in [2.24, 2.45) is 0 Å². The van der Waals surface area contributed by atoms with Gasteiger partial charge in [0.25, 0.3) is 0 Å². The molecule has 100 valence electrons. The molecule has 0 aliphatic rings. The van der Waals surface area contributed by atoms with Crippen LogP contribution in [0.25, 0.3) is 0 Å². The molecule has 1 aromatic rings. The first-order valence-electron chi connectivity index (χ1n) is 6.13. The third kappa shape index (κ3) is 4.61. The van der Waals surface area contributed by atoms with Crippen LogP contribution in [0.4, 0.5) is 0 Å². The topological polar surface area (TPSA) is 59.8 Å². The van der Waals surface area contributed by atoms with Crippen molar-refractivity contribution in [3.63, 3.8) is 0 Å². The Kier molecular flexibility index (Phi) is 5.97. The van der Waals surface area contributed by atoms with Crippen molar-refractivity contribution in [3.05, 3.63) is 24.2 Å². The molecule has 0 saturated carbocycles. The average molecular weight is 253 g/mol. The number of carbonyl (C=O) groups excluding carboxylic acids is 2. The van der Waals surface area contributed by atoms with Gasteiger partial charge < -0.3 is 14.1 Å². The molecule has 0 radical (unpaired) electrons. The van der Waals surface area contributed by atoms with Crippen molar-refractivity contribution in [2.75, 3.05) is 13.2 Å². The van der Waals surface area contributed by atoms with Gasteiger partial charge in [-0.05, 0) is 19.1 Å². The maximum Gasteiger partial charge on any atom is 0.307 e. The molecule has 18 heavy (non-hydrogen) atoms. The molecule has 0 unspecified atom stereocenters. The summed E-state index contributed by atoms with van der Waals surface area (Å²) in [5.41, 5.74) is 0. The molecule has 0 aromatic carbocycles. The van der Waals surface area contributed by atoms with E-state index in [1.54, 1.807) is 37.1 Å². The van der Waals surface area contributed by atoms with Crippen molar-refractivity contribution in [1.82, 2.24) is 4.90 Å². The first kappa shape index (κ1) is 14.3. The van der Waals surface area contributed by atoms with E-state index in [2.05, 4.69) is 0 Å². The molecular weight excluding hydrogens is 234 g/mol. The smallest absolute Gasteiger partial charge is 0.307 e. The lowest BCUT2D eigenvalue weighted by atomic mass is 10.3. The lowest BCUT2D eigenvalue weighted by molar-refractivity contribution is -0.144. The lowest BCUT2D eigenvalue weighted by Crippen LogP contribution is -2.32. The van der Waals surface area contributed by atoms with Gasteiger partial charge in [-0.3, -0.25) is 9.59 Å². The first-order chi connectivity index (χ1) is 8.67. The summed E-state index contributed by atoms with van der Waals surface area (Å²) in [6, 6.07) is 3.58. The molecule has 0 saturated heterocycles. The van der Waals surface area contributed by atoms with Gasteiger partial charge in [-0.2, -0.15) is 0 Å². The zero-order chi connectivity index (χ0) is 13.4. The highest BCUT2D eigenvalue weighted by molar-refractivity contribution is 5.77. The van der Waals surface area contributed by atoms with Crippen molar-refractivity contribution in [2.45, 2.75) is 33.2 Å². The molecule has 1 heterocycles. The van der Waals surface area contributed by atoms with E-state index in [0.717, 1.165) is 0 Å². The Balaban J connectivity index is 2.51. The molecule has 0 fully saturated rings. The minimum Gasteiger partial charge on any atom is -0.467 e. The van der Waals surface area contributed by atoms with E-state index in [-0.39, 0.29) is 18.3 Å². The van der Waals surface area contributed by atoms with Crippen LogP contribution >= 0.6 is 0 Å². The van der Waals surface area contributed by atoms with Gasteiger partial charge in [0.2, 0.25) is 5.91 Å². The normalized spacial score (nSPS) is 10.1. The van der Waals surface area contributed by atoms with Gasteiger partial charge in [-0.1, -0.05) is 6.92 Å². The highest BCUT2D eigenvalue weighted by Crippen LogP contribution is 2.08. The lowest BCUT2D eigenvalue weighted by Gasteiger charge is -2.20. The third-order valence-electron chi connectivity index (χ3n) is 2.47. The second-order valence-electron chi connectivity index (χ2n) is 3.80. The van der Waals surface area contributed by atoms with Crippen molar-refractivity contribution in [3.8, 4) is 0 Å². The number of furan rings is 1. The SMILES string of the molecule is CCOC(=O)CCN(Cc1ccco1)C(=O)CC. The monoisotopic (exact) mass is 253 g/mol. The van der Waals surface area contributed by atoms with Gasteiger partial charge in [0, 0.05) is 13.0 Å². The number of hydrogen-bond acceptors (Lipinski definition) is 4. The molecule has 5 nitrogen and oxygen atoms in total. The third-order valence-corrected chi connectivity index (χ3v) is 2.47. The van der Waals surface area contributed by atoms with E-state index in [1.807, 2.05) is 0 Å². The number of nitrogens with zero attached hydrogens (tertiary/aromatic N) is 1. The molecule has 1 aromatic heterocycles. The summed E-state index contributed by atoms with van der Waals surface area (Å²) in [4.78, 5) is 24.6. The average Bonchev–Trinajstić information content (AvgIpc) is 2.86. The van der Waals surface area contributed by atoms with E-state index in [1.165, 1.54) is 0 Å². The molecule has 0 aliphatic heterocycles. The molecule has 5 heteroatoms. The first-order valence-corrected chi connectivity index (χ1v) is 6.13. The summed E-state index contributed by atoms with van der Waals surface area (Å²) in [7, 11) is 0. The largest absolute Gasteiger partial charge is 0.467 e. The Morgan fingerprint density at radius 1 is 1.39 bits per heavy atom. The number of rotatable bonds is 7. The van der Waals surface area contributed by atoms with Gasteiger partial charge >= 0.3 is 5.97 Å². The molecule has 0 aliphatic carbocycles. The highest BCUT2D eigenvalue weighted by Gasteiger charge is 2.15. The van der Waals surface area contributed by atoms with Crippen LogP contribution in [-0.2, 0) is 20.9 Å². The molecule has 1 amide bonds. The maximum absolute atomic E-state index is 11.7. The van der Waals surface area contributed by atoms with Gasteiger partial charge in [-0.25, -0.2) is 0 Å². The van der Waals surface area contributed by atoms with Crippen molar-refractivity contribution < 1.29 is 18.7 Å². The Bertz CT molecular complexity index is 372. The predicted octanol–water partition coefficient (Wildman–Crippen LogP) is 1.97. The zero-order valence-corrected chi connectivity index (χ0v) is 10.8. The molecule has 1 rings (SSSR count). The van der Waals surface area contributed by atoms with Crippen molar-refractivity contribution in [1.29, 1.82) is 0 Å². The Morgan fingerprint density at radius 2 is 2.17 bits per heavy atom. The van der Waals surface area contributed by atoms with Crippen LogP contribution in [0.2, 0.25) is 0 Å². The van der Waals surface area contributed by atoms with Crippen LogP contribution in [0.3, 0.4) is 0 Å². The summed E-state index contributed by atoms with van der Waals surface area (Å²) in [6.45, 7) is 4.65. The van der Waals surface area contributed by atoms with Crippen LogP contribution in [0.15, 0.2) is 22.8 Å². The van der Waals surface area contributed by atoms with Crippen molar-refractivity contribution >= 4 is 11.9 Å². The van der Waals surface area contributed by atoms with E-state index in [9.17, 15) is 9.59 Å². The van der Waals surface area contributed by atoms with Crippen LogP contribution in [0, 0.1) is 0 Å². The summed E-state index contributed by atoms with van der Waals surface area (Å²) in [5.74, 6) is 0.419. The van der Waals surface area contributed by atoms with Gasteiger partial charge in [-0.15, -0.1) is 0 Å². The quantitative estimate of drug-likeness (QED) is 0.697. The minimum absolute atomic E-state index is 0.00398. The second kappa shape index (κ2) is 7.53. The fourth-order valence-electron chi connectivity index (χ4n) is 1.57. The second-order valence-corrected chi connectivity index (χ2v) is 3.80. The highest BCUT2D eigenvalue weighted by atomic mass is 16.5. The van der Waals surface area contributed by atoms with E-state index >= 15 is 0 Å². The number of esters is 1. The Hall–Kier alpha value is -1.78. The summed E-state index contributed by atoms with van der Waals surface area (Å²) >= 11 is 0. The molecule has 0 bridgehead atoms. The predicted molar refractivity (Wildman–Crippen MR) is 65.7 cm³/mol. The molecule has 0 atom stereocenters. The van der Waals surface area contributed by atoms with Gasteiger partial charge in [0.05, 0.1) is 25.8 Å². The van der Waals surface area contributed by atoms with Crippen LogP contribution in [0.5, 0.6) is 0 Å². The number of ether oxygens (including phenoxy) is 1. The Labute approximate surface area is 107 Å². The Morgan fingerprint density at radius 3 is 2.72 bits per heavy atom. The van der Waals surface area contributed by atoms with Crippen LogP contribution in [0.1, 0.15) is 32.4 Å². The molecular formula is C13H19NO4. The van der Waals surface area contributed by atoms with Crippen LogP contribution in [-0.4, -0.2) is 29.9 Å². The maximum atomic E-state index is 11.7.